The molecule has 0 aromatic rings. The van der Waals surface area contributed by atoms with Gasteiger partial charge < -0.3 is 10.6 Å². The summed E-state index contributed by atoms with van der Waals surface area (Å²) in [5, 5.41) is 7.60. The second-order valence-electron chi connectivity index (χ2n) is 7.53. The Kier molecular flexibility index (Phi) is 5.70. The predicted octanol–water partition coefficient (Wildman–Crippen LogP) is 3.57. The lowest BCUT2D eigenvalue weighted by Gasteiger charge is -2.39. The Morgan fingerprint density at radius 1 is 1.16 bits per heavy atom. The lowest BCUT2D eigenvalue weighted by atomic mass is 9.73. The molecule has 2 heteroatoms. The highest BCUT2D eigenvalue weighted by molar-refractivity contribution is 4.88. The SMILES string of the molecule is CC1CCC(C(C)C)C(NC(C)CC2CCCN2)C1. The maximum absolute atomic E-state index is 3.97. The summed E-state index contributed by atoms with van der Waals surface area (Å²) < 4.78 is 0. The highest BCUT2D eigenvalue weighted by atomic mass is 15.0. The van der Waals surface area contributed by atoms with E-state index in [1.54, 1.807) is 0 Å². The molecule has 112 valence electrons. The highest BCUT2D eigenvalue weighted by Gasteiger charge is 2.31. The molecule has 1 aliphatic heterocycles. The average Bonchev–Trinajstić information content (AvgIpc) is 2.81. The van der Waals surface area contributed by atoms with Crippen molar-refractivity contribution in [1.82, 2.24) is 10.6 Å². The molecule has 1 heterocycles. The smallest absolute Gasteiger partial charge is 0.0103 e. The van der Waals surface area contributed by atoms with E-state index in [2.05, 4.69) is 38.3 Å². The van der Waals surface area contributed by atoms with Crippen molar-refractivity contribution in [2.24, 2.45) is 17.8 Å². The Hall–Kier alpha value is -0.0800. The largest absolute Gasteiger partial charge is 0.314 e. The summed E-state index contributed by atoms with van der Waals surface area (Å²) in [6.07, 6.45) is 8.28. The van der Waals surface area contributed by atoms with E-state index in [-0.39, 0.29) is 0 Å². The number of nitrogens with one attached hydrogen (secondary N) is 2. The van der Waals surface area contributed by atoms with Gasteiger partial charge in [0.2, 0.25) is 0 Å². The summed E-state index contributed by atoms with van der Waals surface area (Å²) >= 11 is 0. The van der Waals surface area contributed by atoms with Gasteiger partial charge in [-0.1, -0.05) is 27.2 Å². The van der Waals surface area contributed by atoms with E-state index in [0.29, 0.717) is 6.04 Å². The third kappa shape index (κ3) is 4.46. The Bertz CT molecular complexity index is 258. The zero-order valence-corrected chi connectivity index (χ0v) is 13.4. The van der Waals surface area contributed by atoms with Crippen LogP contribution in [0.5, 0.6) is 0 Å². The van der Waals surface area contributed by atoms with Crippen molar-refractivity contribution in [2.45, 2.75) is 84.3 Å². The molecule has 19 heavy (non-hydrogen) atoms. The molecule has 5 unspecified atom stereocenters. The molecule has 0 radical (unpaired) electrons. The molecular formula is C17H34N2. The van der Waals surface area contributed by atoms with Crippen LogP contribution in [0.15, 0.2) is 0 Å². The van der Waals surface area contributed by atoms with Crippen LogP contribution in [-0.4, -0.2) is 24.7 Å². The topological polar surface area (TPSA) is 24.1 Å². The maximum Gasteiger partial charge on any atom is 0.0103 e. The van der Waals surface area contributed by atoms with E-state index in [1.807, 2.05) is 0 Å². The highest BCUT2D eigenvalue weighted by Crippen LogP contribution is 2.33. The summed E-state index contributed by atoms with van der Waals surface area (Å²) in [5.41, 5.74) is 0. The van der Waals surface area contributed by atoms with E-state index in [9.17, 15) is 0 Å². The molecule has 2 rings (SSSR count). The first-order chi connectivity index (χ1) is 9.06. The van der Waals surface area contributed by atoms with Crippen molar-refractivity contribution >= 4 is 0 Å². The van der Waals surface area contributed by atoms with Gasteiger partial charge in [-0.3, -0.25) is 0 Å². The third-order valence-electron chi connectivity index (χ3n) is 5.32. The monoisotopic (exact) mass is 266 g/mol. The molecule has 0 bridgehead atoms. The van der Waals surface area contributed by atoms with Crippen LogP contribution in [0.4, 0.5) is 0 Å². The van der Waals surface area contributed by atoms with Crippen LogP contribution >= 0.6 is 0 Å². The zero-order valence-electron chi connectivity index (χ0n) is 13.4. The fourth-order valence-corrected chi connectivity index (χ4v) is 4.21. The quantitative estimate of drug-likeness (QED) is 0.795. The molecule has 0 spiro atoms. The molecule has 2 N–H and O–H groups in total. The predicted molar refractivity (Wildman–Crippen MR) is 83.4 cm³/mol. The molecule has 2 nitrogen and oxygen atoms in total. The summed E-state index contributed by atoms with van der Waals surface area (Å²) in [5.74, 6) is 2.61. The minimum absolute atomic E-state index is 0.659. The second kappa shape index (κ2) is 7.08. The van der Waals surface area contributed by atoms with Crippen LogP contribution in [-0.2, 0) is 0 Å². The Balaban J connectivity index is 1.83. The molecule has 5 atom stereocenters. The first-order valence-electron chi connectivity index (χ1n) is 8.55. The summed E-state index contributed by atoms with van der Waals surface area (Å²) in [4.78, 5) is 0. The first kappa shape index (κ1) is 15.3. The molecule has 1 saturated carbocycles. The minimum atomic E-state index is 0.659. The van der Waals surface area contributed by atoms with Gasteiger partial charge in [0.25, 0.3) is 0 Å². The van der Waals surface area contributed by atoms with Crippen molar-refractivity contribution in [3.05, 3.63) is 0 Å². The van der Waals surface area contributed by atoms with Crippen LogP contribution in [0.25, 0.3) is 0 Å². The van der Waals surface area contributed by atoms with Crippen molar-refractivity contribution < 1.29 is 0 Å². The lowest BCUT2D eigenvalue weighted by Crippen LogP contribution is -2.47. The molecule has 2 aliphatic rings. The Morgan fingerprint density at radius 3 is 2.58 bits per heavy atom. The minimum Gasteiger partial charge on any atom is -0.314 e. The van der Waals surface area contributed by atoms with E-state index >= 15 is 0 Å². The van der Waals surface area contributed by atoms with Crippen LogP contribution in [0.2, 0.25) is 0 Å². The normalized spacial score (nSPS) is 37.7. The average molecular weight is 266 g/mol. The number of rotatable bonds is 5. The fraction of sp³-hybridized carbons (Fsp3) is 1.00. The van der Waals surface area contributed by atoms with E-state index < -0.39 is 0 Å². The van der Waals surface area contributed by atoms with Crippen LogP contribution in [0.3, 0.4) is 0 Å². The Morgan fingerprint density at radius 2 is 1.95 bits per heavy atom. The fourth-order valence-electron chi connectivity index (χ4n) is 4.21. The van der Waals surface area contributed by atoms with Gasteiger partial charge >= 0.3 is 0 Å². The maximum atomic E-state index is 3.97. The van der Waals surface area contributed by atoms with Gasteiger partial charge in [-0.25, -0.2) is 0 Å². The van der Waals surface area contributed by atoms with Crippen molar-refractivity contribution in [1.29, 1.82) is 0 Å². The molecule has 0 amide bonds. The first-order valence-corrected chi connectivity index (χ1v) is 8.55. The van der Waals surface area contributed by atoms with Crippen molar-refractivity contribution in [2.75, 3.05) is 6.54 Å². The van der Waals surface area contributed by atoms with Gasteiger partial charge in [-0.2, -0.15) is 0 Å². The van der Waals surface area contributed by atoms with Gasteiger partial charge in [0.05, 0.1) is 0 Å². The summed E-state index contributed by atoms with van der Waals surface area (Å²) in [7, 11) is 0. The van der Waals surface area contributed by atoms with E-state index in [1.165, 1.54) is 45.1 Å². The summed E-state index contributed by atoms with van der Waals surface area (Å²) in [6.45, 7) is 10.8. The summed E-state index contributed by atoms with van der Waals surface area (Å²) in [6, 6.07) is 2.17. The van der Waals surface area contributed by atoms with Gasteiger partial charge in [-0.05, 0) is 63.3 Å². The third-order valence-corrected chi connectivity index (χ3v) is 5.32. The van der Waals surface area contributed by atoms with Gasteiger partial charge in [0, 0.05) is 18.1 Å². The van der Waals surface area contributed by atoms with E-state index in [4.69, 9.17) is 0 Å². The zero-order chi connectivity index (χ0) is 13.8. The van der Waals surface area contributed by atoms with Crippen LogP contribution in [0, 0.1) is 17.8 Å². The molecule has 1 saturated heterocycles. The Labute approximate surface area is 120 Å². The van der Waals surface area contributed by atoms with Crippen LogP contribution < -0.4 is 10.6 Å². The van der Waals surface area contributed by atoms with Gasteiger partial charge in [0.1, 0.15) is 0 Å². The van der Waals surface area contributed by atoms with Crippen molar-refractivity contribution in [3.8, 4) is 0 Å². The van der Waals surface area contributed by atoms with E-state index in [0.717, 1.165) is 29.8 Å². The van der Waals surface area contributed by atoms with Gasteiger partial charge in [0.15, 0.2) is 0 Å². The second-order valence-corrected chi connectivity index (χ2v) is 7.53. The van der Waals surface area contributed by atoms with Crippen LogP contribution in [0.1, 0.15) is 66.2 Å². The van der Waals surface area contributed by atoms with Crippen molar-refractivity contribution in [3.63, 3.8) is 0 Å². The number of hydrogen-bond donors (Lipinski definition) is 2. The molecule has 0 aromatic heterocycles. The standard InChI is InChI=1S/C17H34N2/c1-12(2)16-8-7-13(3)10-17(16)19-14(4)11-15-6-5-9-18-15/h12-19H,5-11H2,1-4H3. The molecule has 2 fully saturated rings. The van der Waals surface area contributed by atoms with Gasteiger partial charge in [-0.15, -0.1) is 0 Å². The number of hydrogen-bond acceptors (Lipinski definition) is 2. The molecule has 0 aromatic carbocycles. The molecular weight excluding hydrogens is 232 g/mol. The lowest BCUT2D eigenvalue weighted by molar-refractivity contribution is 0.158. The molecule has 1 aliphatic carbocycles.